The van der Waals surface area contributed by atoms with E-state index < -0.39 is 6.10 Å². The van der Waals surface area contributed by atoms with Crippen LogP contribution in [0.5, 0.6) is 0 Å². The lowest BCUT2D eigenvalue weighted by Gasteiger charge is -2.18. The minimum Gasteiger partial charge on any atom is -0.462 e. The molecule has 6 heteroatoms. The molecule has 0 saturated heterocycles. The molecule has 0 bridgehead atoms. The highest BCUT2D eigenvalue weighted by atomic mass is 16.6. The topological polar surface area (TPSA) is 78.9 Å². The maximum atomic E-state index is 12.8. The number of carbonyl (C=O) groups excluding carboxylic acids is 3. The predicted octanol–water partition coefficient (Wildman–Crippen LogP) is 17.9. The molecule has 0 rings (SSSR count). The smallest absolute Gasteiger partial charge is 0.306 e. The molecule has 0 aliphatic heterocycles. The molecule has 0 aliphatic rings. The molecule has 0 radical (unpaired) electrons. The number of carbonyl (C=O) groups is 3. The van der Waals surface area contributed by atoms with Crippen LogP contribution in [0.3, 0.4) is 0 Å². The van der Waals surface area contributed by atoms with Gasteiger partial charge in [0.15, 0.2) is 6.10 Å². The second kappa shape index (κ2) is 52.0. The van der Waals surface area contributed by atoms with E-state index in [2.05, 4.69) is 69.4 Å². The van der Waals surface area contributed by atoms with Crippen molar-refractivity contribution < 1.29 is 28.6 Å². The van der Waals surface area contributed by atoms with Gasteiger partial charge in [-0.25, -0.2) is 0 Å². The minimum atomic E-state index is -0.786. The van der Waals surface area contributed by atoms with E-state index in [-0.39, 0.29) is 31.1 Å². The van der Waals surface area contributed by atoms with Crippen LogP contribution in [-0.2, 0) is 28.6 Å². The first-order chi connectivity index (χ1) is 31.0. The highest BCUT2D eigenvalue weighted by Gasteiger charge is 2.19. The molecule has 0 N–H and O–H groups in total. The predicted molar refractivity (Wildman–Crippen MR) is 270 cm³/mol. The summed E-state index contributed by atoms with van der Waals surface area (Å²) in [5.41, 5.74) is 0. The van der Waals surface area contributed by atoms with Crippen molar-refractivity contribution in [3.05, 3.63) is 48.6 Å². The number of rotatable bonds is 49. The Bertz CT molecular complexity index is 1110. The lowest BCUT2D eigenvalue weighted by molar-refractivity contribution is -0.167. The quantitative estimate of drug-likeness (QED) is 0.0262. The van der Waals surface area contributed by atoms with Gasteiger partial charge in [0.2, 0.25) is 0 Å². The standard InChI is InChI=1S/C57H102O6/c1-4-7-10-13-16-19-22-25-27-28-29-30-33-35-38-41-44-47-50-56(59)62-53-54(52-61-55(58)49-46-43-40-37-34-31-24-21-18-15-12-9-6-3)63-57(60)51-48-45-42-39-36-32-26-23-20-17-14-11-8-5-2/h9,12,18,21,23,26,31,34,54H,4-8,10-11,13-17,19-20,22,24-25,27-30,32-33,35-53H2,1-3H3/b12-9-,21-18-,26-23-,34-31-. The van der Waals surface area contributed by atoms with Crippen LogP contribution in [0, 0.1) is 0 Å². The second-order valence-corrected chi connectivity index (χ2v) is 18.1. The lowest BCUT2D eigenvalue weighted by atomic mass is 10.0. The van der Waals surface area contributed by atoms with E-state index in [1.807, 2.05) is 0 Å². The molecule has 366 valence electrons. The Hall–Kier alpha value is -2.63. The fourth-order valence-electron chi connectivity index (χ4n) is 7.75. The van der Waals surface area contributed by atoms with Gasteiger partial charge >= 0.3 is 17.9 Å². The van der Waals surface area contributed by atoms with Crippen LogP contribution >= 0.6 is 0 Å². The Labute approximate surface area is 390 Å². The molecule has 0 aromatic rings. The Morgan fingerprint density at radius 1 is 0.333 bits per heavy atom. The molecule has 0 spiro atoms. The van der Waals surface area contributed by atoms with Crippen LogP contribution in [0.4, 0.5) is 0 Å². The van der Waals surface area contributed by atoms with Gasteiger partial charge in [-0.1, -0.05) is 230 Å². The summed E-state index contributed by atoms with van der Waals surface area (Å²) in [6.07, 6.45) is 62.4. The molecule has 0 fully saturated rings. The summed E-state index contributed by atoms with van der Waals surface area (Å²) < 4.78 is 16.8. The zero-order chi connectivity index (χ0) is 45.8. The van der Waals surface area contributed by atoms with E-state index >= 15 is 0 Å². The number of hydrogen-bond acceptors (Lipinski definition) is 6. The highest BCUT2D eigenvalue weighted by Crippen LogP contribution is 2.16. The zero-order valence-electron chi connectivity index (χ0n) is 41.8. The van der Waals surface area contributed by atoms with Gasteiger partial charge in [-0.15, -0.1) is 0 Å². The molecular weight excluding hydrogens is 781 g/mol. The van der Waals surface area contributed by atoms with Crippen molar-refractivity contribution in [1.29, 1.82) is 0 Å². The largest absolute Gasteiger partial charge is 0.462 e. The Morgan fingerprint density at radius 2 is 0.619 bits per heavy atom. The molecule has 6 nitrogen and oxygen atoms in total. The molecule has 1 unspecified atom stereocenters. The van der Waals surface area contributed by atoms with Gasteiger partial charge in [-0.3, -0.25) is 14.4 Å². The van der Waals surface area contributed by atoms with Crippen molar-refractivity contribution in [2.24, 2.45) is 0 Å². The summed E-state index contributed by atoms with van der Waals surface area (Å²) in [4.78, 5) is 38.0. The Balaban J connectivity index is 4.36. The van der Waals surface area contributed by atoms with Crippen LogP contribution in [0.15, 0.2) is 48.6 Å². The molecule has 0 aromatic heterocycles. The molecule has 0 saturated carbocycles. The molecule has 0 aliphatic carbocycles. The van der Waals surface area contributed by atoms with Crippen LogP contribution in [0.25, 0.3) is 0 Å². The van der Waals surface area contributed by atoms with E-state index in [1.54, 1.807) is 0 Å². The van der Waals surface area contributed by atoms with Crippen LogP contribution < -0.4 is 0 Å². The summed E-state index contributed by atoms with van der Waals surface area (Å²) in [5, 5.41) is 0. The first-order valence-electron chi connectivity index (χ1n) is 27.1. The van der Waals surface area contributed by atoms with Crippen molar-refractivity contribution in [3.8, 4) is 0 Å². The highest BCUT2D eigenvalue weighted by molar-refractivity contribution is 5.71. The fraction of sp³-hybridized carbons (Fsp3) is 0.807. The fourth-order valence-corrected chi connectivity index (χ4v) is 7.75. The summed E-state index contributed by atoms with van der Waals surface area (Å²) in [6, 6.07) is 0. The Morgan fingerprint density at radius 3 is 1.00 bits per heavy atom. The number of unbranched alkanes of at least 4 members (excludes halogenated alkanes) is 30. The van der Waals surface area contributed by atoms with Crippen LogP contribution in [-0.4, -0.2) is 37.2 Å². The van der Waals surface area contributed by atoms with Crippen molar-refractivity contribution in [2.75, 3.05) is 13.2 Å². The number of esters is 3. The number of ether oxygens (including phenoxy) is 3. The van der Waals surface area contributed by atoms with E-state index in [0.29, 0.717) is 19.3 Å². The molecule has 1 atom stereocenters. The Kier molecular flexibility index (Phi) is 49.8. The molecule has 0 heterocycles. The van der Waals surface area contributed by atoms with Gasteiger partial charge in [0.05, 0.1) is 0 Å². The first kappa shape index (κ1) is 60.4. The SMILES string of the molecule is CC/C=C\C/C=C\C/C=C\CCCCCC(=O)OCC(COC(=O)CCCCCCCCCCCCCCCCCCCC)OC(=O)CCCCCCC/C=C\CCCCCCC. The van der Waals surface area contributed by atoms with E-state index in [0.717, 1.165) is 96.3 Å². The molecule has 63 heavy (non-hydrogen) atoms. The summed E-state index contributed by atoms with van der Waals surface area (Å²) >= 11 is 0. The van der Waals surface area contributed by atoms with Gasteiger partial charge in [-0.05, 0) is 77.0 Å². The average Bonchev–Trinajstić information content (AvgIpc) is 3.28. The van der Waals surface area contributed by atoms with Crippen molar-refractivity contribution in [1.82, 2.24) is 0 Å². The number of hydrogen-bond donors (Lipinski definition) is 0. The van der Waals surface area contributed by atoms with Crippen LogP contribution in [0.2, 0.25) is 0 Å². The second-order valence-electron chi connectivity index (χ2n) is 18.1. The average molecular weight is 883 g/mol. The van der Waals surface area contributed by atoms with Crippen molar-refractivity contribution >= 4 is 17.9 Å². The molecular formula is C57H102O6. The third-order valence-electron chi connectivity index (χ3n) is 11.8. The normalized spacial score (nSPS) is 12.4. The maximum absolute atomic E-state index is 12.8. The van der Waals surface area contributed by atoms with Gasteiger partial charge in [-0.2, -0.15) is 0 Å². The van der Waals surface area contributed by atoms with Crippen LogP contribution in [0.1, 0.15) is 278 Å². The van der Waals surface area contributed by atoms with Gasteiger partial charge in [0, 0.05) is 19.3 Å². The van der Waals surface area contributed by atoms with Gasteiger partial charge in [0.1, 0.15) is 13.2 Å². The minimum absolute atomic E-state index is 0.0832. The van der Waals surface area contributed by atoms with Gasteiger partial charge in [0.25, 0.3) is 0 Å². The monoisotopic (exact) mass is 883 g/mol. The maximum Gasteiger partial charge on any atom is 0.306 e. The molecule has 0 aromatic carbocycles. The third kappa shape index (κ3) is 50.2. The van der Waals surface area contributed by atoms with Crippen molar-refractivity contribution in [3.63, 3.8) is 0 Å². The van der Waals surface area contributed by atoms with E-state index in [4.69, 9.17) is 14.2 Å². The lowest BCUT2D eigenvalue weighted by Crippen LogP contribution is -2.30. The van der Waals surface area contributed by atoms with Crippen molar-refractivity contribution in [2.45, 2.75) is 284 Å². The summed E-state index contributed by atoms with van der Waals surface area (Å²) in [6.45, 7) is 6.51. The van der Waals surface area contributed by atoms with E-state index in [1.165, 1.54) is 141 Å². The first-order valence-corrected chi connectivity index (χ1v) is 27.1. The molecule has 0 amide bonds. The summed E-state index contributed by atoms with van der Waals surface area (Å²) in [5.74, 6) is -0.912. The van der Waals surface area contributed by atoms with E-state index in [9.17, 15) is 14.4 Å². The third-order valence-corrected chi connectivity index (χ3v) is 11.8. The zero-order valence-corrected chi connectivity index (χ0v) is 41.8. The van der Waals surface area contributed by atoms with Gasteiger partial charge < -0.3 is 14.2 Å². The summed E-state index contributed by atoms with van der Waals surface area (Å²) in [7, 11) is 0. The number of allylic oxidation sites excluding steroid dienone is 8.